The van der Waals surface area contributed by atoms with Crippen molar-refractivity contribution in [2.45, 2.75) is 30.3 Å². The van der Waals surface area contributed by atoms with E-state index in [2.05, 4.69) is 0 Å². The van der Waals surface area contributed by atoms with E-state index in [0.29, 0.717) is 18.3 Å². The van der Waals surface area contributed by atoms with Crippen LogP contribution in [-0.2, 0) is 13.8 Å². The molecule has 3 rings (SSSR count). The first-order valence-electron chi connectivity index (χ1n) is 4.16. The maximum atomic E-state index is 11.1. The van der Waals surface area contributed by atoms with Gasteiger partial charge in [0.2, 0.25) is 9.05 Å². The highest BCUT2D eigenvalue weighted by molar-refractivity contribution is 8.14. The monoisotopic (exact) mass is 208 g/mol. The third-order valence-corrected chi connectivity index (χ3v) is 5.19. The maximum absolute atomic E-state index is 11.1. The Kier molecular flexibility index (Phi) is 1.26. The number of ether oxygens (including phenoxy) is 1. The topological polar surface area (TPSA) is 43.4 Å². The molecule has 2 heterocycles. The van der Waals surface area contributed by atoms with Crippen molar-refractivity contribution in [3.63, 3.8) is 0 Å². The van der Waals surface area contributed by atoms with Crippen LogP contribution in [0.3, 0.4) is 0 Å². The summed E-state index contributed by atoms with van der Waals surface area (Å²) in [5.41, 5.74) is 0. The second kappa shape index (κ2) is 1.99. The molecule has 3 aliphatic rings. The highest BCUT2D eigenvalue weighted by atomic mass is 35.7. The number of hydrogen-bond donors (Lipinski definition) is 0. The van der Waals surface area contributed by atoms with Crippen LogP contribution < -0.4 is 0 Å². The Morgan fingerprint density at radius 3 is 2.50 bits per heavy atom. The summed E-state index contributed by atoms with van der Waals surface area (Å²) < 4.78 is 27.7. The molecule has 2 aliphatic heterocycles. The molecule has 5 atom stereocenters. The van der Waals surface area contributed by atoms with Gasteiger partial charge in [0.25, 0.3) is 0 Å². The molecule has 5 heteroatoms. The zero-order valence-corrected chi connectivity index (χ0v) is 7.88. The van der Waals surface area contributed by atoms with E-state index in [0.717, 1.165) is 6.42 Å². The van der Waals surface area contributed by atoms with Crippen molar-refractivity contribution in [1.29, 1.82) is 0 Å². The van der Waals surface area contributed by atoms with Gasteiger partial charge >= 0.3 is 0 Å². The second-order valence-corrected chi connectivity index (χ2v) is 6.80. The SMILES string of the molecule is O=S(=O)(Cl)[C@H]1C[C@H]2O[C@H]1[C@@H]1C[C@@H]12. The van der Waals surface area contributed by atoms with Crippen LogP contribution in [0.4, 0.5) is 0 Å². The van der Waals surface area contributed by atoms with Crippen LogP contribution in [0.15, 0.2) is 0 Å². The molecule has 0 radical (unpaired) electrons. The van der Waals surface area contributed by atoms with Crippen molar-refractivity contribution in [2.24, 2.45) is 11.8 Å². The lowest BCUT2D eigenvalue weighted by Crippen LogP contribution is -2.30. The number of fused-ring (bicyclic) bond motifs is 5. The van der Waals surface area contributed by atoms with Gasteiger partial charge in [0, 0.05) is 10.7 Å². The van der Waals surface area contributed by atoms with E-state index in [1.807, 2.05) is 0 Å². The third-order valence-electron chi connectivity index (χ3n) is 3.32. The van der Waals surface area contributed by atoms with Gasteiger partial charge in [-0.2, -0.15) is 0 Å². The number of halogens is 1. The van der Waals surface area contributed by atoms with E-state index < -0.39 is 14.3 Å². The smallest absolute Gasteiger partial charge is 0.238 e. The fourth-order valence-corrected chi connectivity index (χ4v) is 4.20. The Hall–Kier alpha value is 0.200. The van der Waals surface area contributed by atoms with Gasteiger partial charge in [-0.15, -0.1) is 0 Å². The molecule has 0 amide bonds. The fourth-order valence-electron chi connectivity index (χ4n) is 2.68. The van der Waals surface area contributed by atoms with E-state index >= 15 is 0 Å². The lowest BCUT2D eigenvalue weighted by atomic mass is 10.0. The number of rotatable bonds is 1. The average Bonchev–Trinajstić information content (AvgIpc) is 2.55. The van der Waals surface area contributed by atoms with Gasteiger partial charge in [0.05, 0.1) is 12.2 Å². The minimum Gasteiger partial charge on any atom is -0.373 e. The first kappa shape index (κ1) is 7.59. The normalized spacial score (nSPS) is 55.6. The predicted molar refractivity (Wildman–Crippen MR) is 43.4 cm³/mol. The quantitative estimate of drug-likeness (QED) is 0.597. The van der Waals surface area contributed by atoms with Gasteiger partial charge in [-0.1, -0.05) is 0 Å². The standard InChI is InChI=1S/C7H9ClO3S/c8-12(9,10)6-2-5-3-1-4(3)7(6)11-5/h3-7H,1-2H2/t3-,4+,5+,6-,7-/m0/s1. The highest BCUT2D eigenvalue weighted by Crippen LogP contribution is 2.60. The van der Waals surface area contributed by atoms with Crippen molar-refractivity contribution in [2.75, 3.05) is 0 Å². The van der Waals surface area contributed by atoms with Crippen molar-refractivity contribution < 1.29 is 13.2 Å². The molecule has 0 unspecified atom stereocenters. The van der Waals surface area contributed by atoms with Gasteiger partial charge < -0.3 is 4.74 Å². The molecule has 3 nitrogen and oxygen atoms in total. The predicted octanol–water partition coefficient (Wildman–Crippen LogP) is 0.731. The molecule has 2 saturated heterocycles. The Bertz CT molecular complexity index is 326. The summed E-state index contributed by atoms with van der Waals surface area (Å²) in [6.07, 6.45) is 1.89. The van der Waals surface area contributed by atoms with Crippen LogP contribution >= 0.6 is 10.7 Å². The van der Waals surface area contributed by atoms with Crippen molar-refractivity contribution in [3.8, 4) is 0 Å². The van der Waals surface area contributed by atoms with Gasteiger partial charge in [0.15, 0.2) is 0 Å². The molecule has 1 saturated carbocycles. The molecule has 2 bridgehead atoms. The van der Waals surface area contributed by atoms with Crippen LogP contribution in [0.1, 0.15) is 12.8 Å². The van der Waals surface area contributed by atoms with Crippen LogP contribution in [0.5, 0.6) is 0 Å². The Morgan fingerprint density at radius 1 is 1.25 bits per heavy atom. The fraction of sp³-hybridized carbons (Fsp3) is 1.00. The molecule has 0 N–H and O–H groups in total. The van der Waals surface area contributed by atoms with Gasteiger partial charge in [0.1, 0.15) is 5.25 Å². The Morgan fingerprint density at radius 2 is 2.00 bits per heavy atom. The average molecular weight is 209 g/mol. The zero-order valence-electron chi connectivity index (χ0n) is 6.31. The van der Waals surface area contributed by atoms with E-state index in [4.69, 9.17) is 15.4 Å². The summed E-state index contributed by atoms with van der Waals surface area (Å²) in [6.45, 7) is 0. The molecular formula is C7H9ClO3S. The van der Waals surface area contributed by atoms with Crippen molar-refractivity contribution in [3.05, 3.63) is 0 Å². The summed E-state index contributed by atoms with van der Waals surface area (Å²) in [4.78, 5) is 0. The van der Waals surface area contributed by atoms with Gasteiger partial charge in [-0.3, -0.25) is 0 Å². The first-order valence-corrected chi connectivity index (χ1v) is 6.53. The van der Waals surface area contributed by atoms with Crippen molar-refractivity contribution >= 4 is 19.7 Å². The summed E-state index contributed by atoms with van der Waals surface area (Å²) in [7, 11) is 1.92. The highest BCUT2D eigenvalue weighted by Gasteiger charge is 2.65. The van der Waals surface area contributed by atoms with E-state index in [1.54, 1.807) is 0 Å². The second-order valence-electron chi connectivity index (χ2n) is 3.95. The number of hydrogen-bond acceptors (Lipinski definition) is 3. The summed E-state index contributed by atoms with van der Waals surface area (Å²) in [5.74, 6) is 1.16. The van der Waals surface area contributed by atoms with Crippen LogP contribution in [-0.4, -0.2) is 25.9 Å². The van der Waals surface area contributed by atoms with Crippen molar-refractivity contribution in [1.82, 2.24) is 0 Å². The Balaban J connectivity index is 1.94. The molecule has 12 heavy (non-hydrogen) atoms. The summed E-state index contributed by atoms with van der Waals surface area (Å²) in [5, 5.41) is -0.423. The zero-order chi connectivity index (χ0) is 8.51. The van der Waals surface area contributed by atoms with E-state index in [1.165, 1.54) is 0 Å². The molecule has 0 aromatic carbocycles. The lowest BCUT2D eigenvalue weighted by molar-refractivity contribution is 0.0733. The maximum Gasteiger partial charge on any atom is 0.238 e. The molecule has 1 aliphatic carbocycles. The molecule has 68 valence electrons. The summed E-state index contributed by atoms with van der Waals surface area (Å²) >= 11 is 0. The van der Waals surface area contributed by atoms with Crippen LogP contribution in [0, 0.1) is 11.8 Å². The van der Waals surface area contributed by atoms with Crippen LogP contribution in [0.2, 0.25) is 0 Å². The molecular weight excluding hydrogens is 200 g/mol. The minimum atomic E-state index is -3.39. The minimum absolute atomic E-state index is 0.0810. The van der Waals surface area contributed by atoms with E-state index in [-0.39, 0.29) is 12.2 Å². The third kappa shape index (κ3) is 0.833. The molecule has 0 aromatic rings. The first-order chi connectivity index (χ1) is 5.57. The van der Waals surface area contributed by atoms with Crippen LogP contribution in [0.25, 0.3) is 0 Å². The largest absolute Gasteiger partial charge is 0.373 e. The summed E-state index contributed by atoms with van der Waals surface area (Å²) in [6, 6.07) is 0. The molecule has 0 aromatic heterocycles. The Labute approximate surface area is 75.5 Å². The molecule has 3 fully saturated rings. The molecule has 0 spiro atoms. The van der Waals surface area contributed by atoms with E-state index in [9.17, 15) is 8.42 Å². The van der Waals surface area contributed by atoms with Gasteiger partial charge in [-0.25, -0.2) is 8.42 Å². The van der Waals surface area contributed by atoms with Gasteiger partial charge in [-0.05, 0) is 24.7 Å². The lowest BCUT2D eigenvalue weighted by Gasteiger charge is -2.14.